The van der Waals surface area contributed by atoms with E-state index < -0.39 is 10.0 Å². The highest BCUT2D eigenvalue weighted by Gasteiger charge is 2.15. The Hall–Kier alpha value is -2.28. The summed E-state index contributed by atoms with van der Waals surface area (Å²) < 4.78 is 33.3. The minimum atomic E-state index is -3.67. The van der Waals surface area contributed by atoms with Gasteiger partial charge in [0.05, 0.1) is 22.9 Å². The molecule has 0 saturated carbocycles. The number of aromatic nitrogens is 1. The largest absolute Gasteiger partial charge is 0.491 e. The van der Waals surface area contributed by atoms with Crippen molar-refractivity contribution in [2.75, 3.05) is 22.7 Å². The molecule has 2 aromatic rings. The number of anilines is 2. The van der Waals surface area contributed by atoms with Crippen LogP contribution in [0.25, 0.3) is 0 Å². The second kappa shape index (κ2) is 9.60. The first kappa shape index (κ1) is 21.0. The predicted octanol–water partition coefficient (Wildman–Crippen LogP) is 4.30. The zero-order valence-corrected chi connectivity index (χ0v) is 17.3. The second-order valence-electron chi connectivity index (χ2n) is 6.64. The lowest BCUT2D eigenvalue weighted by Crippen LogP contribution is -2.25. The molecular formula is C20H29N3O3S. The smallest absolute Gasteiger partial charge is 0.261 e. The van der Waals surface area contributed by atoms with E-state index >= 15 is 0 Å². The minimum absolute atomic E-state index is 0.0372. The van der Waals surface area contributed by atoms with Gasteiger partial charge in [-0.1, -0.05) is 13.8 Å². The fraction of sp³-hybridized carbons (Fsp3) is 0.450. The van der Waals surface area contributed by atoms with Crippen molar-refractivity contribution >= 4 is 21.5 Å². The van der Waals surface area contributed by atoms with E-state index in [1.54, 1.807) is 24.4 Å². The zero-order valence-electron chi connectivity index (χ0n) is 16.5. The molecule has 148 valence electrons. The SMILES string of the molecule is CCCN(CCC)c1ccc(NS(=O)(=O)c2ccc(OC(C)C)cc2)cn1. The first-order valence-corrected chi connectivity index (χ1v) is 10.8. The van der Waals surface area contributed by atoms with Gasteiger partial charge in [0, 0.05) is 13.1 Å². The van der Waals surface area contributed by atoms with E-state index in [2.05, 4.69) is 28.5 Å². The molecule has 0 aliphatic heterocycles. The third-order valence-corrected chi connectivity index (χ3v) is 5.21. The highest BCUT2D eigenvalue weighted by atomic mass is 32.2. The average molecular weight is 392 g/mol. The Morgan fingerprint density at radius 1 is 1.04 bits per heavy atom. The van der Waals surface area contributed by atoms with Gasteiger partial charge >= 0.3 is 0 Å². The van der Waals surface area contributed by atoms with Crippen molar-refractivity contribution in [1.82, 2.24) is 4.98 Å². The third kappa shape index (κ3) is 6.13. The molecule has 6 nitrogen and oxygen atoms in total. The van der Waals surface area contributed by atoms with Crippen molar-refractivity contribution in [3.63, 3.8) is 0 Å². The molecule has 7 heteroatoms. The van der Waals surface area contributed by atoms with Crippen LogP contribution in [0.1, 0.15) is 40.5 Å². The summed E-state index contributed by atoms with van der Waals surface area (Å²) in [7, 11) is -3.67. The molecule has 0 aliphatic carbocycles. The molecule has 1 aromatic carbocycles. The molecule has 0 unspecified atom stereocenters. The van der Waals surface area contributed by atoms with Crippen LogP contribution in [0.3, 0.4) is 0 Å². The Morgan fingerprint density at radius 2 is 1.67 bits per heavy atom. The number of nitrogens with one attached hydrogen (secondary N) is 1. The molecule has 0 aliphatic rings. The predicted molar refractivity (Wildman–Crippen MR) is 110 cm³/mol. The maximum absolute atomic E-state index is 12.6. The Kier molecular flexibility index (Phi) is 7.47. The minimum Gasteiger partial charge on any atom is -0.491 e. The molecule has 0 saturated heterocycles. The third-order valence-electron chi connectivity index (χ3n) is 3.82. The topological polar surface area (TPSA) is 71.5 Å². The van der Waals surface area contributed by atoms with E-state index in [0.29, 0.717) is 11.4 Å². The van der Waals surface area contributed by atoms with Crippen molar-refractivity contribution in [2.24, 2.45) is 0 Å². The lowest BCUT2D eigenvalue weighted by Gasteiger charge is -2.22. The summed E-state index contributed by atoms with van der Waals surface area (Å²) in [6.07, 6.45) is 3.66. The van der Waals surface area contributed by atoms with E-state index in [1.807, 2.05) is 19.9 Å². The standard InChI is InChI=1S/C20H29N3O3S/c1-5-13-23(14-6-2)20-12-7-17(15-21-20)22-27(24,25)19-10-8-18(9-11-19)26-16(3)4/h7-12,15-16,22H,5-6,13-14H2,1-4H3. The van der Waals surface area contributed by atoms with Crippen LogP contribution in [-0.2, 0) is 10.0 Å². The normalized spacial score (nSPS) is 11.4. The summed E-state index contributed by atoms with van der Waals surface area (Å²) in [5, 5.41) is 0. The Balaban J connectivity index is 2.10. The molecule has 0 fully saturated rings. The monoisotopic (exact) mass is 391 g/mol. The molecule has 2 rings (SSSR count). The van der Waals surface area contributed by atoms with Crippen molar-refractivity contribution in [2.45, 2.75) is 51.5 Å². The van der Waals surface area contributed by atoms with Crippen LogP contribution in [0.5, 0.6) is 5.75 Å². The summed E-state index contributed by atoms with van der Waals surface area (Å²) >= 11 is 0. The van der Waals surface area contributed by atoms with Crippen LogP contribution in [0, 0.1) is 0 Å². The van der Waals surface area contributed by atoms with E-state index in [9.17, 15) is 8.42 Å². The first-order chi connectivity index (χ1) is 12.9. The van der Waals surface area contributed by atoms with E-state index in [1.165, 1.54) is 12.1 Å². The molecular weight excluding hydrogens is 362 g/mol. The highest BCUT2D eigenvalue weighted by Crippen LogP contribution is 2.21. The lowest BCUT2D eigenvalue weighted by atomic mass is 10.3. The van der Waals surface area contributed by atoms with Crippen LogP contribution in [-0.4, -0.2) is 32.6 Å². The first-order valence-electron chi connectivity index (χ1n) is 9.36. The quantitative estimate of drug-likeness (QED) is 0.654. The molecule has 27 heavy (non-hydrogen) atoms. The van der Waals surface area contributed by atoms with Gasteiger partial charge in [0.2, 0.25) is 0 Å². The molecule has 0 atom stereocenters. The van der Waals surface area contributed by atoms with Crippen LogP contribution >= 0.6 is 0 Å². The Morgan fingerprint density at radius 3 is 2.15 bits per heavy atom. The Labute approximate surface area is 162 Å². The maximum atomic E-state index is 12.6. The van der Waals surface area contributed by atoms with Gasteiger partial charge in [0.1, 0.15) is 11.6 Å². The van der Waals surface area contributed by atoms with Crippen molar-refractivity contribution in [1.29, 1.82) is 0 Å². The molecule has 0 amide bonds. The van der Waals surface area contributed by atoms with Crippen LogP contribution in [0.2, 0.25) is 0 Å². The fourth-order valence-corrected chi connectivity index (χ4v) is 3.74. The maximum Gasteiger partial charge on any atom is 0.261 e. The van der Waals surface area contributed by atoms with Crippen LogP contribution in [0.15, 0.2) is 47.5 Å². The van der Waals surface area contributed by atoms with Gasteiger partial charge in [-0.2, -0.15) is 0 Å². The highest BCUT2D eigenvalue weighted by molar-refractivity contribution is 7.92. The van der Waals surface area contributed by atoms with Crippen molar-refractivity contribution < 1.29 is 13.2 Å². The molecule has 1 N–H and O–H groups in total. The lowest BCUT2D eigenvalue weighted by molar-refractivity contribution is 0.242. The summed E-state index contributed by atoms with van der Waals surface area (Å²) in [6.45, 7) is 9.95. The van der Waals surface area contributed by atoms with E-state index in [-0.39, 0.29) is 11.0 Å². The van der Waals surface area contributed by atoms with Gasteiger partial charge < -0.3 is 9.64 Å². The molecule has 1 heterocycles. The second-order valence-corrected chi connectivity index (χ2v) is 8.32. The van der Waals surface area contributed by atoms with Gasteiger partial charge in [-0.3, -0.25) is 4.72 Å². The van der Waals surface area contributed by atoms with Gasteiger partial charge in [-0.05, 0) is 63.1 Å². The van der Waals surface area contributed by atoms with Crippen molar-refractivity contribution in [3.05, 3.63) is 42.6 Å². The van der Waals surface area contributed by atoms with E-state index in [0.717, 1.165) is 31.7 Å². The van der Waals surface area contributed by atoms with Crippen LogP contribution < -0.4 is 14.4 Å². The number of hydrogen-bond acceptors (Lipinski definition) is 5. The summed E-state index contributed by atoms with van der Waals surface area (Å²) in [4.78, 5) is 6.80. The average Bonchev–Trinajstić information content (AvgIpc) is 2.62. The number of sulfonamides is 1. The summed E-state index contributed by atoms with van der Waals surface area (Å²) in [5.41, 5.74) is 0.439. The number of benzene rings is 1. The molecule has 0 radical (unpaired) electrons. The molecule has 0 spiro atoms. The Bertz CT molecular complexity index is 797. The fourth-order valence-electron chi connectivity index (χ4n) is 2.70. The molecule has 0 bridgehead atoms. The van der Waals surface area contributed by atoms with Gasteiger partial charge in [0.25, 0.3) is 10.0 Å². The number of hydrogen-bond donors (Lipinski definition) is 1. The van der Waals surface area contributed by atoms with E-state index in [4.69, 9.17) is 4.74 Å². The van der Waals surface area contributed by atoms with Crippen LogP contribution in [0.4, 0.5) is 11.5 Å². The van der Waals surface area contributed by atoms with Gasteiger partial charge in [-0.15, -0.1) is 0 Å². The number of pyridine rings is 1. The number of rotatable bonds is 10. The number of nitrogens with zero attached hydrogens (tertiary/aromatic N) is 2. The molecule has 1 aromatic heterocycles. The summed E-state index contributed by atoms with van der Waals surface area (Å²) in [6, 6.07) is 9.97. The van der Waals surface area contributed by atoms with Gasteiger partial charge in [-0.25, -0.2) is 13.4 Å². The van der Waals surface area contributed by atoms with Crippen molar-refractivity contribution in [3.8, 4) is 5.75 Å². The van der Waals surface area contributed by atoms with Gasteiger partial charge in [0.15, 0.2) is 0 Å². The zero-order chi connectivity index (χ0) is 19.9. The summed E-state index contributed by atoms with van der Waals surface area (Å²) in [5.74, 6) is 1.50. The number of ether oxygens (including phenoxy) is 1.